The van der Waals surface area contributed by atoms with E-state index in [0.29, 0.717) is 16.3 Å². The van der Waals surface area contributed by atoms with Crippen LogP contribution < -0.4 is 4.74 Å². The van der Waals surface area contributed by atoms with Gasteiger partial charge >= 0.3 is 12.1 Å². The van der Waals surface area contributed by atoms with Gasteiger partial charge in [-0.2, -0.15) is 13.2 Å². The van der Waals surface area contributed by atoms with Crippen LogP contribution in [0.4, 0.5) is 13.2 Å². The minimum absolute atomic E-state index is 0.0928. The van der Waals surface area contributed by atoms with E-state index >= 15 is 0 Å². The smallest absolute Gasteiger partial charge is 0.416 e. The Morgan fingerprint density at radius 1 is 1.06 bits per heavy atom. The van der Waals surface area contributed by atoms with E-state index in [0.717, 1.165) is 27.9 Å². The highest BCUT2D eigenvalue weighted by Gasteiger charge is 2.30. The second kappa shape index (κ2) is 9.13. The molecule has 0 fully saturated rings. The van der Waals surface area contributed by atoms with E-state index in [9.17, 15) is 18.0 Å². The Balaban J connectivity index is 1.43. The van der Waals surface area contributed by atoms with Crippen LogP contribution in [0, 0.1) is 0 Å². The summed E-state index contributed by atoms with van der Waals surface area (Å²) in [6, 6.07) is 12.5. The molecule has 0 spiro atoms. The zero-order chi connectivity index (χ0) is 24.5. The molecule has 4 aromatic rings. The molecule has 9 heteroatoms. The molecule has 5 nitrogen and oxygen atoms in total. The van der Waals surface area contributed by atoms with Crippen LogP contribution in [0.1, 0.15) is 31.2 Å². The van der Waals surface area contributed by atoms with Gasteiger partial charge in [-0.15, -0.1) is 11.3 Å². The number of rotatable bonds is 6. The van der Waals surface area contributed by atoms with Crippen LogP contribution in [0.25, 0.3) is 21.5 Å². The summed E-state index contributed by atoms with van der Waals surface area (Å²) in [6.07, 6.45) is -0.881. The number of halogens is 3. The predicted molar refractivity (Wildman–Crippen MR) is 125 cm³/mol. The maximum Gasteiger partial charge on any atom is 0.416 e. The van der Waals surface area contributed by atoms with Gasteiger partial charge in [0, 0.05) is 24.0 Å². The molecule has 178 valence electrons. The van der Waals surface area contributed by atoms with Gasteiger partial charge in [-0.25, -0.2) is 4.98 Å². The first-order valence-electron chi connectivity index (χ1n) is 10.5. The molecule has 0 bridgehead atoms. The first-order chi connectivity index (χ1) is 16.0. The standard InChI is InChI=1S/C25H23F3N2O3S/c1-24(2,3)33-22(31)14-30-11-10-16-6-9-19(12-21(16)30)32-15-20-13-29-23(34-20)17-4-7-18(8-5-17)25(26,27)28/h4-13H,14-15H2,1-3H3. The van der Waals surface area contributed by atoms with Gasteiger partial charge in [-0.1, -0.05) is 12.1 Å². The van der Waals surface area contributed by atoms with Gasteiger partial charge in [0.2, 0.25) is 0 Å². The van der Waals surface area contributed by atoms with Crippen LogP contribution >= 0.6 is 11.3 Å². The highest BCUT2D eigenvalue weighted by atomic mass is 32.1. The van der Waals surface area contributed by atoms with E-state index < -0.39 is 17.3 Å². The molecule has 0 N–H and O–H groups in total. The number of alkyl halides is 3. The highest BCUT2D eigenvalue weighted by molar-refractivity contribution is 7.15. The number of carbonyl (C=O) groups is 1. The molecule has 0 atom stereocenters. The number of ether oxygens (including phenoxy) is 2. The summed E-state index contributed by atoms with van der Waals surface area (Å²) in [5, 5.41) is 1.59. The Labute approximate surface area is 198 Å². The molecule has 34 heavy (non-hydrogen) atoms. The number of nitrogens with zero attached hydrogens (tertiary/aromatic N) is 2. The third-order valence-corrected chi connectivity index (χ3v) is 5.88. The van der Waals surface area contributed by atoms with Gasteiger partial charge in [-0.05, 0) is 56.5 Å². The van der Waals surface area contributed by atoms with Crippen molar-refractivity contribution < 1.29 is 27.4 Å². The molecular formula is C25H23F3N2O3S. The zero-order valence-corrected chi connectivity index (χ0v) is 19.7. The monoisotopic (exact) mass is 488 g/mol. The number of hydrogen-bond acceptors (Lipinski definition) is 5. The van der Waals surface area contributed by atoms with E-state index in [4.69, 9.17) is 9.47 Å². The molecule has 0 saturated heterocycles. The molecule has 0 radical (unpaired) electrons. The molecule has 4 rings (SSSR count). The topological polar surface area (TPSA) is 53.4 Å². The van der Waals surface area contributed by atoms with E-state index in [1.807, 2.05) is 55.8 Å². The number of thiazole rings is 1. The van der Waals surface area contributed by atoms with Gasteiger partial charge in [0.05, 0.1) is 16.0 Å². The lowest BCUT2D eigenvalue weighted by Crippen LogP contribution is -2.26. The van der Waals surface area contributed by atoms with Crippen molar-refractivity contribution in [3.8, 4) is 16.3 Å². The first kappa shape index (κ1) is 23.8. The highest BCUT2D eigenvalue weighted by Crippen LogP contribution is 2.32. The van der Waals surface area contributed by atoms with Crippen LogP contribution in [0.3, 0.4) is 0 Å². The van der Waals surface area contributed by atoms with Gasteiger partial charge < -0.3 is 14.0 Å². The van der Waals surface area contributed by atoms with Crippen molar-refractivity contribution in [2.75, 3.05) is 0 Å². The summed E-state index contributed by atoms with van der Waals surface area (Å²) in [5.74, 6) is 0.304. The van der Waals surface area contributed by atoms with Crippen LogP contribution in [0.15, 0.2) is 60.9 Å². The van der Waals surface area contributed by atoms with Crippen molar-refractivity contribution in [1.82, 2.24) is 9.55 Å². The summed E-state index contributed by atoms with van der Waals surface area (Å²) in [7, 11) is 0. The second-order valence-corrected chi connectivity index (χ2v) is 9.86. The first-order valence-corrected chi connectivity index (χ1v) is 11.4. The van der Waals surface area contributed by atoms with Crippen molar-refractivity contribution in [3.63, 3.8) is 0 Å². The normalized spacial score (nSPS) is 12.2. The van der Waals surface area contributed by atoms with Crippen molar-refractivity contribution in [1.29, 1.82) is 0 Å². The summed E-state index contributed by atoms with van der Waals surface area (Å²) in [5.41, 5.74) is 0.217. The van der Waals surface area contributed by atoms with Crippen molar-refractivity contribution >= 4 is 28.2 Å². The van der Waals surface area contributed by atoms with Gasteiger partial charge in [0.25, 0.3) is 0 Å². The Morgan fingerprint density at radius 2 is 1.79 bits per heavy atom. The van der Waals surface area contributed by atoms with Gasteiger partial charge in [0.1, 0.15) is 29.5 Å². The van der Waals surface area contributed by atoms with Crippen LogP contribution in [-0.2, 0) is 28.9 Å². The average molecular weight is 489 g/mol. The van der Waals surface area contributed by atoms with Gasteiger partial charge in [0.15, 0.2) is 0 Å². The maximum atomic E-state index is 12.8. The lowest BCUT2D eigenvalue weighted by Gasteiger charge is -2.19. The number of hydrogen-bond donors (Lipinski definition) is 0. The average Bonchev–Trinajstić information content (AvgIpc) is 3.38. The molecule has 0 aliphatic carbocycles. The predicted octanol–water partition coefficient (Wildman–Crippen LogP) is 6.70. The van der Waals surface area contributed by atoms with Crippen LogP contribution in [0.5, 0.6) is 5.75 Å². The minimum atomic E-state index is -4.37. The summed E-state index contributed by atoms with van der Waals surface area (Å²) < 4.78 is 51.4. The van der Waals surface area contributed by atoms with E-state index in [-0.39, 0.29) is 19.1 Å². The number of aromatic nitrogens is 2. The SMILES string of the molecule is CC(C)(C)OC(=O)Cn1ccc2ccc(OCc3cnc(-c4ccc(C(F)(F)F)cc4)s3)cc21. The fourth-order valence-electron chi connectivity index (χ4n) is 3.37. The third-order valence-electron chi connectivity index (χ3n) is 4.86. The molecule has 2 heterocycles. The number of benzene rings is 2. The number of esters is 1. The third kappa shape index (κ3) is 5.77. The lowest BCUT2D eigenvalue weighted by atomic mass is 10.1. The molecule has 0 unspecified atom stereocenters. The molecule has 2 aromatic carbocycles. The van der Waals surface area contributed by atoms with E-state index in [1.54, 1.807) is 6.20 Å². The van der Waals surface area contributed by atoms with Crippen molar-refractivity contribution in [2.24, 2.45) is 0 Å². The van der Waals surface area contributed by atoms with Crippen LogP contribution in [-0.4, -0.2) is 21.1 Å². The Morgan fingerprint density at radius 3 is 2.47 bits per heavy atom. The number of carbonyl (C=O) groups excluding carboxylic acids is 1. The fourth-order valence-corrected chi connectivity index (χ4v) is 4.20. The molecule has 0 amide bonds. The lowest BCUT2D eigenvalue weighted by molar-refractivity contribution is -0.155. The fraction of sp³-hybridized carbons (Fsp3) is 0.280. The molecule has 0 saturated carbocycles. The van der Waals surface area contributed by atoms with Gasteiger partial charge in [-0.3, -0.25) is 4.79 Å². The zero-order valence-electron chi connectivity index (χ0n) is 18.8. The summed E-state index contributed by atoms with van der Waals surface area (Å²) >= 11 is 1.36. The van der Waals surface area contributed by atoms with Crippen molar-refractivity contribution in [2.45, 2.75) is 45.7 Å². The van der Waals surface area contributed by atoms with E-state index in [2.05, 4.69) is 4.98 Å². The quantitative estimate of drug-likeness (QED) is 0.283. The number of fused-ring (bicyclic) bond motifs is 1. The molecule has 2 aromatic heterocycles. The second-order valence-electron chi connectivity index (χ2n) is 8.75. The van der Waals surface area contributed by atoms with Crippen molar-refractivity contribution in [3.05, 3.63) is 71.4 Å². The Bertz CT molecular complexity index is 1300. The van der Waals surface area contributed by atoms with E-state index in [1.165, 1.54) is 23.5 Å². The maximum absolute atomic E-state index is 12.8. The molecular weight excluding hydrogens is 465 g/mol. The molecule has 0 aliphatic heterocycles. The largest absolute Gasteiger partial charge is 0.488 e. The Kier molecular flexibility index (Phi) is 6.40. The summed E-state index contributed by atoms with van der Waals surface area (Å²) in [6.45, 7) is 5.83. The Hall–Kier alpha value is -3.33. The minimum Gasteiger partial charge on any atom is -0.488 e. The summed E-state index contributed by atoms with van der Waals surface area (Å²) in [4.78, 5) is 17.4. The molecule has 0 aliphatic rings. The van der Waals surface area contributed by atoms with Crippen LogP contribution in [0.2, 0.25) is 0 Å².